The predicted octanol–water partition coefficient (Wildman–Crippen LogP) is 1.84. The maximum Gasteiger partial charge on any atom is 0.340 e. The number of Topliss-reactive ketones (excluding diaryl/α,β-unsaturated/α-hetero) is 1. The molecule has 5 heteroatoms. The molecule has 0 N–H and O–H groups in total. The number of aryl methyl sites for hydroxylation is 2. The molecule has 0 radical (unpaired) electrons. The van der Waals surface area contributed by atoms with Gasteiger partial charge in [0.1, 0.15) is 5.75 Å². The van der Waals surface area contributed by atoms with E-state index in [2.05, 4.69) is 4.74 Å². The molecule has 0 saturated heterocycles. The summed E-state index contributed by atoms with van der Waals surface area (Å²) in [6, 6.07) is 5.85. The van der Waals surface area contributed by atoms with Crippen LogP contribution in [0.15, 0.2) is 29.5 Å². The minimum Gasteiger partial charge on any atom is -0.875 e. The molecule has 0 saturated carbocycles. The Bertz CT molecular complexity index is 587. The number of carbonyl (C=O) groups is 2. The van der Waals surface area contributed by atoms with Crippen LogP contribution in [0.4, 0.5) is 0 Å². The Labute approximate surface area is 130 Å². The molecule has 0 aromatic heterocycles. The normalized spacial score (nSPS) is 11.6. The van der Waals surface area contributed by atoms with Crippen LogP contribution >= 0.6 is 0 Å². The highest BCUT2D eigenvalue weighted by Crippen LogP contribution is 2.19. The van der Waals surface area contributed by atoms with Crippen LogP contribution in [0.1, 0.15) is 30.9 Å². The van der Waals surface area contributed by atoms with Gasteiger partial charge in [-0.05, 0) is 45.2 Å². The van der Waals surface area contributed by atoms with Gasteiger partial charge in [-0.2, -0.15) is 0 Å². The molecule has 0 bridgehead atoms. The summed E-state index contributed by atoms with van der Waals surface area (Å²) in [7, 11) is 1.14. The van der Waals surface area contributed by atoms with Crippen LogP contribution in [0, 0.1) is 13.8 Å². The summed E-state index contributed by atoms with van der Waals surface area (Å²) in [6.45, 7) is 5.46. The quantitative estimate of drug-likeness (QED) is 0.192. The van der Waals surface area contributed by atoms with Gasteiger partial charge in [-0.15, -0.1) is 5.76 Å². The molecule has 0 aliphatic carbocycles. The monoisotopic (exact) mass is 305 g/mol. The van der Waals surface area contributed by atoms with Crippen LogP contribution in [-0.2, 0) is 14.3 Å². The molecular formula is C17H21O5-. The first-order valence-corrected chi connectivity index (χ1v) is 7.06. The Hall–Kier alpha value is -2.30. The smallest absolute Gasteiger partial charge is 0.340 e. The van der Waals surface area contributed by atoms with Gasteiger partial charge in [-0.25, -0.2) is 4.79 Å². The van der Waals surface area contributed by atoms with Crippen LogP contribution in [0.2, 0.25) is 0 Å². The highest BCUT2D eigenvalue weighted by Gasteiger charge is 2.15. The number of carbonyl (C=O) groups excluding carboxylic acids is 2. The van der Waals surface area contributed by atoms with Crippen LogP contribution in [0.3, 0.4) is 0 Å². The number of allylic oxidation sites excluding steroid dienone is 1. The van der Waals surface area contributed by atoms with E-state index >= 15 is 0 Å². The van der Waals surface area contributed by atoms with Crippen molar-refractivity contribution in [3.8, 4) is 5.75 Å². The minimum absolute atomic E-state index is 0.0644. The third kappa shape index (κ3) is 4.91. The lowest BCUT2D eigenvalue weighted by molar-refractivity contribution is -0.308. The fourth-order valence-electron chi connectivity index (χ4n) is 2.06. The second-order valence-electron chi connectivity index (χ2n) is 5.07. The zero-order valence-electron chi connectivity index (χ0n) is 13.4. The van der Waals surface area contributed by atoms with Crippen molar-refractivity contribution >= 4 is 11.8 Å². The van der Waals surface area contributed by atoms with E-state index in [4.69, 9.17) is 4.74 Å². The largest absolute Gasteiger partial charge is 0.875 e. The zero-order chi connectivity index (χ0) is 16.7. The van der Waals surface area contributed by atoms with Crippen molar-refractivity contribution in [2.24, 2.45) is 0 Å². The van der Waals surface area contributed by atoms with E-state index in [9.17, 15) is 14.7 Å². The fraction of sp³-hybridized carbons (Fsp3) is 0.412. The van der Waals surface area contributed by atoms with Crippen molar-refractivity contribution in [3.63, 3.8) is 0 Å². The van der Waals surface area contributed by atoms with Crippen LogP contribution in [0.5, 0.6) is 5.75 Å². The molecule has 0 aliphatic rings. The Morgan fingerprint density at radius 3 is 2.45 bits per heavy atom. The van der Waals surface area contributed by atoms with E-state index in [0.717, 1.165) is 24.0 Å². The number of methoxy groups -OCH3 is 1. The highest BCUT2D eigenvalue weighted by molar-refractivity contribution is 6.16. The summed E-state index contributed by atoms with van der Waals surface area (Å²) in [5, 5.41) is 11.9. The van der Waals surface area contributed by atoms with Gasteiger partial charge in [0.15, 0.2) is 5.78 Å². The Morgan fingerprint density at radius 1 is 1.23 bits per heavy atom. The Balaban J connectivity index is 2.59. The van der Waals surface area contributed by atoms with Gasteiger partial charge in [-0.1, -0.05) is 17.7 Å². The zero-order valence-corrected chi connectivity index (χ0v) is 13.4. The first kappa shape index (κ1) is 17.8. The summed E-state index contributed by atoms with van der Waals surface area (Å²) in [5.41, 5.74) is 1.77. The first-order chi connectivity index (χ1) is 10.4. The lowest BCUT2D eigenvalue weighted by atomic mass is 10.1. The maximum absolute atomic E-state index is 11.9. The van der Waals surface area contributed by atoms with Crippen molar-refractivity contribution in [2.75, 3.05) is 13.7 Å². The molecule has 1 rings (SSSR count). The van der Waals surface area contributed by atoms with E-state index in [1.807, 2.05) is 32.0 Å². The van der Waals surface area contributed by atoms with Crippen LogP contribution < -0.4 is 9.84 Å². The molecule has 0 heterocycles. The Kier molecular flexibility index (Phi) is 6.63. The molecule has 0 amide bonds. The molecule has 0 unspecified atom stereocenters. The van der Waals surface area contributed by atoms with E-state index in [-0.39, 0.29) is 6.42 Å². The van der Waals surface area contributed by atoms with Gasteiger partial charge < -0.3 is 14.6 Å². The van der Waals surface area contributed by atoms with Gasteiger partial charge in [0, 0.05) is 0 Å². The second-order valence-corrected chi connectivity index (χ2v) is 5.07. The molecule has 0 fully saturated rings. The van der Waals surface area contributed by atoms with Crippen molar-refractivity contribution < 1.29 is 24.2 Å². The summed E-state index contributed by atoms with van der Waals surface area (Å²) >= 11 is 0. The number of ketones is 1. The Morgan fingerprint density at radius 2 is 1.91 bits per heavy atom. The lowest BCUT2D eigenvalue weighted by Crippen LogP contribution is -2.20. The molecule has 0 aliphatic heterocycles. The number of esters is 1. The van der Waals surface area contributed by atoms with Gasteiger partial charge in [0.25, 0.3) is 0 Å². The molecular weight excluding hydrogens is 284 g/mol. The number of ether oxygens (including phenoxy) is 2. The first-order valence-electron chi connectivity index (χ1n) is 7.06. The van der Waals surface area contributed by atoms with Crippen molar-refractivity contribution in [1.82, 2.24) is 0 Å². The lowest BCUT2D eigenvalue weighted by Gasteiger charge is -2.16. The van der Waals surface area contributed by atoms with Crippen molar-refractivity contribution in [2.45, 2.75) is 33.6 Å². The van der Waals surface area contributed by atoms with E-state index < -0.39 is 23.1 Å². The molecule has 5 nitrogen and oxygen atoms in total. The number of benzene rings is 1. The molecule has 120 valence electrons. The summed E-state index contributed by atoms with van der Waals surface area (Å²) in [5.74, 6) is -1.20. The number of rotatable bonds is 7. The number of hydrogen-bond acceptors (Lipinski definition) is 5. The standard InChI is InChI=1S/C17H22O5/c1-11-7-8-15(12(2)10-11)22-9-5-6-14(19)16(13(3)18)17(20)21-4/h7-8,10,19H,5-6,9H2,1-4H3/p-1. The third-order valence-electron chi connectivity index (χ3n) is 3.16. The summed E-state index contributed by atoms with van der Waals surface area (Å²) < 4.78 is 10.1. The minimum atomic E-state index is -0.882. The number of hydrogen-bond donors (Lipinski definition) is 0. The van der Waals surface area contributed by atoms with Gasteiger partial charge in [0.05, 0.1) is 19.3 Å². The third-order valence-corrected chi connectivity index (χ3v) is 3.16. The summed E-state index contributed by atoms with van der Waals surface area (Å²) in [4.78, 5) is 22.7. The molecule has 0 spiro atoms. The van der Waals surface area contributed by atoms with Crippen molar-refractivity contribution in [1.29, 1.82) is 0 Å². The SMILES string of the molecule is COC(=O)C(C(C)=O)=C([O-])CCCOc1ccc(C)cc1C. The molecule has 1 aromatic carbocycles. The average molecular weight is 305 g/mol. The van der Waals surface area contributed by atoms with E-state index in [1.165, 1.54) is 6.92 Å². The second kappa shape index (κ2) is 8.22. The average Bonchev–Trinajstić information content (AvgIpc) is 2.44. The van der Waals surface area contributed by atoms with Gasteiger partial charge in [0.2, 0.25) is 0 Å². The summed E-state index contributed by atoms with van der Waals surface area (Å²) in [6.07, 6.45) is 0.481. The van der Waals surface area contributed by atoms with E-state index in [0.29, 0.717) is 13.0 Å². The van der Waals surface area contributed by atoms with E-state index in [1.54, 1.807) is 0 Å². The topological polar surface area (TPSA) is 75.7 Å². The maximum atomic E-state index is 11.9. The van der Waals surface area contributed by atoms with Gasteiger partial charge in [-0.3, -0.25) is 4.79 Å². The molecule has 1 aromatic rings. The highest BCUT2D eigenvalue weighted by atomic mass is 16.5. The molecule has 0 atom stereocenters. The van der Waals surface area contributed by atoms with Gasteiger partial charge >= 0.3 is 5.97 Å². The fourth-order valence-corrected chi connectivity index (χ4v) is 2.06. The van der Waals surface area contributed by atoms with Crippen LogP contribution in [-0.4, -0.2) is 25.5 Å². The van der Waals surface area contributed by atoms with Crippen LogP contribution in [0.25, 0.3) is 0 Å². The molecule has 22 heavy (non-hydrogen) atoms. The predicted molar refractivity (Wildman–Crippen MR) is 80.4 cm³/mol. The van der Waals surface area contributed by atoms with Crippen molar-refractivity contribution in [3.05, 3.63) is 40.7 Å².